The molecule has 2 saturated heterocycles. The van der Waals surface area contributed by atoms with E-state index in [4.69, 9.17) is 0 Å². The highest BCUT2D eigenvalue weighted by molar-refractivity contribution is 5.98. The van der Waals surface area contributed by atoms with Crippen molar-refractivity contribution < 1.29 is 14.4 Å². The number of nitrogens with zero attached hydrogens (tertiary/aromatic N) is 4. The number of hydrogen-bond donors (Lipinski definition) is 1. The lowest BCUT2D eigenvalue weighted by molar-refractivity contribution is -0.135. The van der Waals surface area contributed by atoms with Crippen molar-refractivity contribution in [3.63, 3.8) is 0 Å². The second-order valence-corrected chi connectivity index (χ2v) is 9.80. The van der Waals surface area contributed by atoms with Gasteiger partial charge >= 0.3 is 6.03 Å². The van der Waals surface area contributed by atoms with Gasteiger partial charge in [-0.25, -0.2) is 4.79 Å². The highest BCUT2D eigenvalue weighted by atomic mass is 16.2. The molecule has 34 heavy (non-hydrogen) atoms. The van der Waals surface area contributed by atoms with Gasteiger partial charge in [-0.15, -0.1) is 0 Å². The summed E-state index contributed by atoms with van der Waals surface area (Å²) in [6.07, 6.45) is 4.74. The normalized spacial score (nSPS) is 18.5. The zero-order valence-electron chi connectivity index (χ0n) is 20.3. The maximum Gasteiger partial charge on any atom is 0.324 e. The van der Waals surface area contributed by atoms with Crippen molar-refractivity contribution in [2.24, 2.45) is 5.92 Å². The molecule has 2 aliphatic heterocycles. The van der Waals surface area contributed by atoms with E-state index in [1.165, 1.54) is 0 Å². The Morgan fingerprint density at radius 2 is 1.85 bits per heavy atom. The van der Waals surface area contributed by atoms with Crippen molar-refractivity contribution in [3.8, 4) is 0 Å². The molecule has 3 heterocycles. The third kappa shape index (κ3) is 4.49. The van der Waals surface area contributed by atoms with Crippen LogP contribution in [0.2, 0.25) is 0 Å². The predicted octanol–water partition coefficient (Wildman–Crippen LogP) is 3.08. The summed E-state index contributed by atoms with van der Waals surface area (Å²) in [5.74, 6) is -0.366. The van der Waals surface area contributed by atoms with Gasteiger partial charge in [-0.3, -0.25) is 19.5 Å². The molecule has 4 amide bonds. The van der Waals surface area contributed by atoms with E-state index in [0.29, 0.717) is 38.0 Å². The van der Waals surface area contributed by atoms with Gasteiger partial charge < -0.3 is 15.1 Å². The summed E-state index contributed by atoms with van der Waals surface area (Å²) in [6, 6.07) is 10.4. The standard InChI is InChI=1S/C26H33N5O3/c1-18(2)22(28-23(32)20-8-5-7-19(3)15-20)24(33)30-13-10-26(11-14-30)17-29(4)25(34)31(26)21-9-6-12-27-16-21/h5-9,12,15-16,18,22H,10-11,13-14,17H2,1-4H3,(H,28,32). The first-order valence-corrected chi connectivity index (χ1v) is 11.8. The number of likely N-dealkylation sites (tertiary alicyclic amines) is 1. The number of carbonyl (C=O) groups excluding carboxylic acids is 3. The molecule has 2 aromatic rings. The van der Waals surface area contributed by atoms with Crippen molar-refractivity contribution >= 4 is 23.5 Å². The molecule has 1 aromatic heterocycles. The van der Waals surface area contributed by atoms with Crippen molar-refractivity contribution in [2.75, 3.05) is 31.6 Å². The van der Waals surface area contributed by atoms with Crippen LogP contribution in [0.3, 0.4) is 0 Å². The van der Waals surface area contributed by atoms with E-state index in [1.54, 1.807) is 23.4 Å². The van der Waals surface area contributed by atoms with E-state index in [2.05, 4.69) is 10.3 Å². The van der Waals surface area contributed by atoms with E-state index >= 15 is 0 Å². The van der Waals surface area contributed by atoms with Crippen LogP contribution >= 0.6 is 0 Å². The lowest BCUT2D eigenvalue weighted by Gasteiger charge is -2.44. The fourth-order valence-electron chi connectivity index (χ4n) is 5.07. The molecule has 1 N–H and O–H groups in total. The highest BCUT2D eigenvalue weighted by Gasteiger charge is 2.51. The molecular weight excluding hydrogens is 430 g/mol. The number of rotatable bonds is 5. The Morgan fingerprint density at radius 3 is 2.47 bits per heavy atom. The third-order valence-electron chi connectivity index (χ3n) is 6.93. The second-order valence-electron chi connectivity index (χ2n) is 9.80. The topological polar surface area (TPSA) is 85.8 Å². The molecule has 4 rings (SSSR count). The number of pyridine rings is 1. The Hall–Kier alpha value is -3.42. The molecule has 0 radical (unpaired) electrons. The Morgan fingerprint density at radius 1 is 1.12 bits per heavy atom. The summed E-state index contributed by atoms with van der Waals surface area (Å²) in [5, 5.41) is 2.96. The van der Waals surface area contributed by atoms with Gasteiger partial charge in [-0.1, -0.05) is 31.5 Å². The van der Waals surface area contributed by atoms with Gasteiger partial charge in [-0.2, -0.15) is 0 Å². The lowest BCUT2D eigenvalue weighted by atomic mass is 9.85. The number of amides is 4. The molecule has 1 atom stereocenters. The van der Waals surface area contributed by atoms with Crippen LogP contribution in [-0.4, -0.2) is 70.9 Å². The molecule has 2 fully saturated rings. The average molecular weight is 464 g/mol. The minimum absolute atomic E-state index is 0.0433. The molecule has 0 aliphatic carbocycles. The van der Waals surface area contributed by atoms with Crippen molar-refractivity contribution in [1.82, 2.24) is 20.1 Å². The maximum absolute atomic E-state index is 13.5. The number of urea groups is 1. The number of benzene rings is 1. The molecule has 0 bridgehead atoms. The largest absolute Gasteiger partial charge is 0.341 e. The summed E-state index contributed by atoms with van der Waals surface area (Å²) in [4.78, 5) is 48.9. The van der Waals surface area contributed by atoms with E-state index in [9.17, 15) is 14.4 Å². The highest BCUT2D eigenvalue weighted by Crippen LogP contribution is 2.39. The van der Waals surface area contributed by atoms with E-state index < -0.39 is 6.04 Å². The number of aryl methyl sites for hydroxylation is 1. The average Bonchev–Trinajstić information content (AvgIpc) is 3.06. The summed E-state index contributed by atoms with van der Waals surface area (Å²) >= 11 is 0. The van der Waals surface area contributed by atoms with Crippen LogP contribution in [0.5, 0.6) is 0 Å². The van der Waals surface area contributed by atoms with Crippen LogP contribution in [0.15, 0.2) is 48.8 Å². The van der Waals surface area contributed by atoms with Gasteiger partial charge in [0.2, 0.25) is 5.91 Å². The summed E-state index contributed by atoms with van der Waals surface area (Å²) < 4.78 is 0. The second kappa shape index (κ2) is 9.44. The van der Waals surface area contributed by atoms with Crippen LogP contribution < -0.4 is 10.2 Å². The monoisotopic (exact) mass is 463 g/mol. The fraction of sp³-hybridized carbons (Fsp3) is 0.462. The predicted molar refractivity (Wildman–Crippen MR) is 131 cm³/mol. The van der Waals surface area contributed by atoms with Gasteiger partial charge in [0, 0.05) is 38.4 Å². The van der Waals surface area contributed by atoms with E-state index in [-0.39, 0.29) is 29.3 Å². The Balaban J connectivity index is 1.47. The zero-order valence-corrected chi connectivity index (χ0v) is 20.3. The van der Waals surface area contributed by atoms with Crippen molar-refractivity contribution in [1.29, 1.82) is 0 Å². The van der Waals surface area contributed by atoms with Crippen LogP contribution in [0.25, 0.3) is 0 Å². The SMILES string of the molecule is Cc1cccc(C(=O)NC(C(=O)N2CCC3(CC2)CN(C)C(=O)N3c2cccnc2)C(C)C)c1. The van der Waals surface area contributed by atoms with E-state index in [1.807, 2.05) is 68.0 Å². The number of aromatic nitrogens is 1. The molecular formula is C26H33N5O3. The van der Waals surface area contributed by atoms with Crippen LogP contribution in [0, 0.1) is 12.8 Å². The minimum atomic E-state index is -0.607. The number of piperidine rings is 1. The first-order chi connectivity index (χ1) is 16.2. The maximum atomic E-state index is 13.5. The zero-order chi connectivity index (χ0) is 24.5. The number of anilines is 1. The Labute approximate surface area is 200 Å². The molecule has 2 aliphatic rings. The van der Waals surface area contributed by atoms with Gasteiger partial charge in [0.25, 0.3) is 5.91 Å². The first kappa shape index (κ1) is 23.7. The fourth-order valence-corrected chi connectivity index (χ4v) is 5.07. The number of hydrogen-bond acceptors (Lipinski definition) is 4. The Kier molecular flexibility index (Phi) is 6.59. The van der Waals surface area contributed by atoms with E-state index in [0.717, 1.165) is 11.3 Å². The molecule has 1 aromatic carbocycles. The van der Waals surface area contributed by atoms with Gasteiger partial charge in [0.05, 0.1) is 17.4 Å². The number of carbonyl (C=O) groups is 3. The van der Waals surface area contributed by atoms with Gasteiger partial charge in [0.15, 0.2) is 0 Å². The van der Waals surface area contributed by atoms with Gasteiger partial charge in [-0.05, 0) is 49.9 Å². The summed E-state index contributed by atoms with van der Waals surface area (Å²) in [7, 11) is 1.81. The van der Waals surface area contributed by atoms with Crippen LogP contribution in [-0.2, 0) is 4.79 Å². The third-order valence-corrected chi connectivity index (χ3v) is 6.93. The number of likely N-dealkylation sites (N-methyl/N-ethyl adjacent to an activating group) is 1. The summed E-state index contributed by atoms with van der Waals surface area (Å²) in [6.45, 7) is 7.49. The molecule has 1 spiro atoms. The van der Waals surface area contributed by atoms with Crippen molar-refractivity contribution in [3.05, 3.63) is 59.9 Å². The minimum Gasteiger partial charge on any atom is -0.341 e. The molecule has 0 saturated carbocycles. The number of nitrogens with one attached hydrogen (secondary N) is 1. The summed E-state index contributed by atoms with van der Waals surface area (Å²) in [5.41, 5.74) is 1.96. The van der Waals surface area contributed by atoms with Gasteiger partial charge in [0.1, 0.15) is 6.04 Å². The van der Waals surface area contributed by atoms with Crippen LogP contribution in [0.1, 0.15) is 42.6 Å². The molecule has 1 unspecified atom stereocenters. The first-order valence-electron chi connectivity index (χ1n) is 11.8. The van der Waals surface area contributed by atoms with Crippen molar-refractivity contribution in [2.45, 2.75) is 45.2 Å². The molecule has 8 nitrogen and oxygen atoms in total. The quantitative estimate of drug-likeness (QED) is 0.738. The smallest absolute Gasteiger partial charge is 0.324 e. The lowest BCUT2D eigenvalue weighted by Crippen LogP contribution is -2.59. The Bertz CT molecular complexity index is 1060. The van der Waals surface area contributed by atoms with Crippen LogP contribution in [0.4, 0.5) is 10.5 Å². The molecule has 180 valence electrons. The molecule has 8 heteroatoms.